The first-order valence-electron chi connectivity index (χ1n) is 11.7. The Morgan fingerprint density at radius 2 is 1.17 bits per heavy atom. The molecule has 0 spiro atoms. The predicted molar refractivity (Wildman–Crippen MR) is 149 cm³/mol. The molecular weight excluding hydrogens is 498 g/mol. The SMILES string of the molecule is CCc1cc(NC(=O)CP(C)(C)=O)cc(Cc2cc(NC(=O)CP(C)(C)=O)cc(C)c2OC)c1OC. The maximum Gasteiger partial charge on any atom is 0.231 e. The lowest BCUT2D eigenvalue weighted by atomic mass is 9.96. The molecular formula is C26H38N2O6P2. The van der Waals surface area contributed by atoms with Crippen molar-refractivity contribution in [3.8, 4) is 11.5 Å². The van der Waals surface area contributed by atoms with E-state index in [1.165, 1.54) is 0 Å². The maximum atomic E-state index is 12.4. The molecule has 0 radical (unpaired) electrons. The van der Waals surface area contributed by atoms with Crippen LogP contribution in [0, 0.1) is 6.92 Å². The van der Waals surface area contributed by atoms with Crippen LogP contribution >= 0.6 is 14.3 Å². The van der Waals surface area contributed by atoms with Crippen molar-refractivity contribution < 1.29 is 28.2 Å². The third-order valence-corrected chi connectivity index (χ3v) is 7.48. The van der Waals surface area contributed by atoms with E-state index in [4.69, 9.17) is 9.47 Å². The summed E-state index contributed by atoms with van der Waals surface area (Å²) in [6, 6.07) is 7.36. The van der Waals surface area contributed by atoms with E-state index >= 15 is 0 Å². The number of anilines is 2. The van der Waals surface area contributed by atoms with E-state index in [0.29, 0.717) is 35.7 Å². The summed E-state index contributed by atoms with van der Waals surface area (Å²) >= 11 is 0. The minimum atomic E-state index is -2.51. The Bertz CT molecular complexity index is 1230. The maximum absolute atomic E-state index is 12.4. The summed E-state index contributed by atoms with van der Waals surface area (Å²) in [4.78, 5) is 24.8. The monoisotopic (exact) mass is 536 g/mol. The van der Waals surface area contributed by atoms with Crippen LogP contribution < -0.4 is 20.1 Å². The molecule has 2 aromatic carbocycles. The first kappa shape index (κ1) is 29.7. The molecule has 8 nitrogen and oxygen atoms in total. The highest BCUT2D eigenvalue weighted by Gasteiger charge is 2.19. The van der Waals surface area contributed by atoms with Gasteiger partial charge in [0.05, 0.1) is 40.8 Å². The molecule has 2 aromatic rings. The quantitative estimate of drug-likeness (QED) is 0.378. The van der Waals surface area contributed by atoms with E-state index in [1.807, 2.05) is 38.1 Å². The highest BCUT2D eigenvalue weighted by atomic mass is 31.2. The molecule has 0 aliphatic rings. The van der Waals surface area contributed by atoms with E-state index < -0.39 is 14.3 Å². The number of benzene rings is 2. The molecule has 10 heteroatoms. The minimum Gasteiger partial charge on any atom is -0.496 e. The predicted octanol–water partition coefficient (Wildman–Crippen LogP) is 5.29. The summed E-state index contributed by atoms with van der Waals surface area (Å²) in [7, 11) is -1.82. The second-order valence-corrected chi connectivity index (χ2v) is 16.8. The van der Waals surface area contributed by atoms with Gasteiger partial charge < -0.3 is 29.2 Å². The Labute approximate surface area is 214 Å². The fraction of sp³-hybridized carbons (Fsp3) is 0.462. The van der Waals surface area contributed by atoms with Gasteiger partial charge in [0, 0.05) is 28.9 Å². The number of carbonyl (C=O) groups excluding carboxylic acids is 2. The molecule has 2 amide bonds. The molecule has 198 valence electrons. The second-order valence-electron chi connectivity index (χ2n) is 9.90. The van der Waals surface area contributed by atoms with Crippen molar-refractivity contribution in [3.63, 3.8) is 0 Å². The fourth-order valence-electron chi connectivity index (χ4n) is 4.12. The van der Waals surface area contributed by atoms with Gasteiger partial charge in [-0.15, -0.1) is 0 Å². The summed E-state index contributed by atoms with van der Waals surface area (Å²) in [5.41, 5.74) is 4.59. The van der Waals surface area contributed by atoms with Gasteiger partial charge in [0.1, 0.15) is 11.5 Å². The molecule has 36 heavy (non-hydrogen) atoms. The van der Waals surface area contributed by atoms with Crippen LogP contribution in [-0.2, 0) is 31.6 Å². The number of hydrogen-bond acceptors (Lipinski definition) is 6. The van der Waals surface area contributed by atoms with E-state index in [0.717, 1.165) is 22.3 Å². The summed E-state index contributed by atoms with van der Waals surface area (Å²) in [5, 5.41) is 5.71. The fourth-order valence-corrected chi connectivity index (χ4v) is 5.66. The van der Waals surface area contributed by atoms with Crippen LogP contribution in [0.4, 0.5) is 11.4 Å². The van der Waals surface area contributed by atoms with Gasteiger partial charge in [-0.1, -0.05) is 6.92 Å². The summed E-state index contributed by atoms with van der Waals surface area (Å²) in [6.45, 7) is 10.2. The van der Waals surface area contributed by atoms with Crippen LogP contribution in [0.25, 0.3) is 0 Å². The Morgan fingerprint density at radius 3 is 1.58 bits per heavy atom. The first-order chi connectivity index (χ1) is 16.7. The van der Waals surface area contributed by atoms with Crippen molar-refractivity contribution in [1.82, 2.24) is 0 Å². The van der Waals surface area contributed by atoms with Gasteiger partial charge in [-0.2, -0.15) is 0 Å². The van der Waals surface area contributed by atoms with Gasteiger partial charge in [0.2, 0.25) is 11.8 Å². The molecule has 0 aliphatic carbocycles. The molecule has 2 rings (SSSR count). The van der Waals surface area contributed by atoms with Crippen LogP contribution in [0.1, 0.15) is 29.2 Å². The number of nitrogens with one attached hydrogen (secondary N) is 2. The smallest absolute Gasteiger partial charge is 0.231 e. The van der Waals surface area contributed by atoms with Crippen molar-refractivity contribution in [2.75, 3.05) is 63.8 Å². The standard InChI is InChI=1S/C26H38N2O6P2/c1-9-18-12-22(28-24(30)16-36(7,8)32)14-20(26(18)34-4)11-19-13-21(10-17(2)25(19)33-3)27-23(29)15-35(5,6)31/h10,12-14H,9,11,15-16H2,1-8H3,(H,27,29)(H,28,30). The van der Waals surface area contributed by atoms with Gasteiger partial charge in [-0.25, -0.2) is 0 Å². The summed E-state index contributed by atoms with van der Waals surface area (Å²) in [5.74, 6) is 0.777. The van der Waals surface area contributed by atoms with Crippen LogP contribution in [0.15, 0.2) is 24.3 Å². The van der Waals surface area contributed by atoms with Crippen LogP contribution in [-0.4, -0.2) is 65.0 Å². The van der Waals surface area contributed by atoms with Gasteiger partial charge in [0.25, 0.3) is 0 Å². The lowest BCUT2D eigenvalue weighted by Gasteiger charge is -2.19. The van der Waals surface area contributed by atoms with Crippen molar-refractivity contribution in [1.29, 1.82) is 0 Å². The zero-order chi connectivity index (χ0) is 27.3. The Kier molecular flexibility index (Phi) is 9.99. The highest BCUT2D eigenvalue weighted by molar-refractivity contribution is 7.63. The molecule has 2 N–H and O–H groups in total. The number of hydrogen-bond donors (Lipinski definition) is 2. The molecule has 0 fully saturated rings. The van der Waals surface area contributed by atoms with Gasteiger partial charge in [-0.05, 0) is 75.4 Å². The third kappa shape index (κ3) is 8.83. The minimum absolute atomic E-state index is 0.0347. The van der Waals surface area contributed by atoms with Crippen molar-refractivity contribution in [2.24, 2.45) is 0 Å². The normalized spacial score (nSPS) is 11.7. The molecule has 0 saturated heterocycles. The van der Waals surface area contributed by atoms with Crippen LogP contribution in [0.3, 0.4) is 0 Å². The number of amides is 2. The zero-order valence-electron chi connectivity index (χ0n) is 22.5. The van der Waals surface area contributed by atoms with Crippen molar-refractivity contribution in [3.05, 3.63) is 46.5 Å². The number of ether oxygens (including phenoxy) is 2. The Morgan fingerprint density at radius 1 is 0.750 bits per heavy atom. The average molecular weight is 537 g/mol. The highest BCUT2D eigenvalue weighted by Crippen LogP contribution is 2.38. The van der Waals surface area contributed by atoms with E-state index in [9.17, 15) is 18.7 Å². The molecule has 0 unspecified atom stereocenters. The van der Waals surface area contributed by atoms with Crippen LogP contribution in [0.2, 0.25) is 0 Å². The first-order valence-corrected chi connectivity index (χ1v) is 17.3. The van der Waals surface area contributed by atoms with Crippen molar-refractivity contribution >= 4 is 37.5 Å². The summed E-state index contributed by atoms with van der Waals surface area (Å²) in [6.07, 6.45) is 1.02. The third-order valence-electron chi connectivity index (χ3n) is 5.38. The Hall–Kier alpha value is -2.56. The number of rotatable bonds is 11. The van der Waals surface area contributed by atoms with Gasteiger partial charge in [0.15, 0.2) is 0 Å². The largest absolute Gasteiger partial charge is 0.496 e. The topological polar surface area (TPSA) is 111 Å². The number of aryl methyl sites for hydroxylation is 2. The van der Waals surface area contributed by atoms with E-state index in [-0.39, 0.29) is 24.1 Å². The molecule has 0 aliphatic heterocycles. The molecule has 0 saturated carbocycles. The average Bonchev–Trinajstić information content (AvgIpc) is 2.70. The lowest BCUT2D eigenvalue weighted by molar-refractivity contribution is -0.114. The number of carbonyl (C=O) groups is 2. The van der Waals surface area contributed by atoms with Crippen LogP contribution in [0.5, 0.6) is 11.5 Å². The summed E-state index contributed by atoms with van der Waals surface area (Å²) < 4.78 is 35.6. The molecule has 0 atom stereocenters. The second kappa shape index (κ2) is 12.1. The molecule has 0 heterocycles. The molecule has 0 aromatic heterocycles. The number of methoxy groups -OCH3 is 2. The lowest BCUT2D eigenvalue weighted by Crippen LogP contribution is -2.17. The Balaban J connectivity index is 2.49. The van der Waals surface area contributed by atoms with E-state index in [1.54, 1.807) is 40.9 Å². The zero-order valence-corrected chi connectivity index (χ0v) is 24.3. The van der Waals surface area contributed by atoms with E-state index in [2.05, 4.69) is 10.6 Å². The van der Waals surface area contributed by atoms with Gasteiger partial charge in [-0.3, -0.25) is 9.59 Å². The van der Waals surface area contributed by atoms with Crippen molar-refractivity contribution in [2.45, 2.75) is 26.7 Å². The van der Waals surface area contributed by atoms with Gasteiger partial charge >= 0.3 is 0 Å². The molecule has 0 bridgehead atoms.